The highest BCUT2D eigenvalue weighted by atomic mass is 32.2. The Labute approximate surface area is 215 Å². The van der Waals surface area contributed by atoms with E-state index < -0.39 is 29.2 Å². The van der Waals surface area contributed by atoms with Crippen LogP contribution < -0.4 is 11.1 Å². The number of oxime groups is 1. The van der Waals surface area contributed by atoms with Crippen LogP contribution in [0.2, 0.25) is 0 Å². The molecule has 1 saturated heterocycles. The predicted molar refractivity (Wildman–Crippen MR) is 132 cm³/mol. The van der Waals surface area contributed by atoms with Crippen molar-refractivity contribution in [2.24, 2.45) is 5.16 Å². The molecule has 0 unspecified atom stereocenters. The zero-order valence-electron chi connectivity index (χ0n) is 18.2. The standard InChI is InChI=1S/C19H19N7O5S4/c1-7-23-24-19(35-7)34-5-8-4-32-16-12(15(28)26(16)13(8)17(29)30)22-14(27)11(25-31-9-2-3-9)10-6-33-18(20)21-10/h6,9,12,16H,2-5H2,1H3,(H2,20,21)(H,22,27)(H,29,30)/b25-11+/t12-,16-/m1/s1. The number of thioether (sulfide) groups is 2. The Kier molecular flexibility index (Phi) is 6.69. The molecule has 2 fully saturated rings. The van der Waals surface area contributed by atoms with Gasteiger partial charge in [0.25, 0.3) is 11.8 Å². The smallest absolute Gasteiger partial charge is 0.352 e. The molecule has 2 aromatic heterocycles. The summed E-state index contributed by atoms with van der Waals surface area (Å²) in [6.07, 6.45) is 1.68. The number of nitrogens with one attached hydrogen (secondary N) is 1. The summed E-state index contributed by atoms with van der Waals surface area (Å²) in [7, 11) is 0. The van der Waals surface area contributed by atoms with E-state index in [-0.39, 0.29) is 28.3 Å². The number of hydrogen-bond donors (Lipinski definition) is 3. The number of carbonyl (C=O) groups is 3. The molecule has 0 radical (unpaired) electrons. The van der Waals surface area contributed by atoms with Crippen LogP contribution in [0.4, 0.5) is 5.13 Å². The summed E-state index contributed by atoms with van der Waals surface area (Å²) >= 11 is 5.36. The third-order valence-corrected chi connectivity index (χ3v) is 9.28. The third-order valence-electron chi connectivity index (χ3n) is 5.21. The quantitative estimate of drug-likeness (QED) is 0.177. The van der Waals surface area contributed by atoms with Gasteiger partial charge in [0.15, 0.2) is 15.2 Å². The SMILES string of the molecule is Cc1nnc(SCC2=C(C(=O)O)N3C(=O)[C@@H](NC(=O)/C(=N/OC4CC4)c4csc(N)n4)[C@H]3SC2)s1. The van der Waals surface area contributed by atoms with E-state index in [1.807, 2.05) is 6.92 Å². The lowest BCUT2D eigenvalue weighted by Crippen LogP contribution is -2.71. The van der Waals surface area contributed by atoms with E-state index in [0.717, 1.165) is 33.5 Å². The number of anilines is 1. The molecule has 5 rings (SSSR count). The first kappa shape index (κ1) is 24.0. The van der Waals surface area contributed by atoms with E-state index >= 15 is 0 Å². The van der Waals surface area contributed by atoms with Crippen molar-refractivity contribution in [2.45, 2.75) is 41.6 Å². The summed E-state index contributed by atoms with van der Waals surface area (Å²) in [6.45, 7) is 1.84. The molecule has 3 aliphatic rings. The van der Waals surface area contributed by atoms with Gasteiger partial charge in [-0.2, -0.15) is 0 Å². The lowest BCUT2D eigenvalue weighted by molar-refractivity contribution is -0.150. The number of thiazole rings is 1. The zero-order chi connectivity index (χ0) is 24.7. The molecule has 0 spiro atoms. The number of carbonyl (C=O) groups excluding carboxylic acids is 2. The molecule has 2 aromatic rings. The molecule has 2 atom stereocenters. The summed E-state index contributed by atoms with van der Waals surface area (Å²) in [6, 6.07) is -0.899. The first-order chi connectivity index (χ1) is 16.8. The van der Waals surface area contributed by atoms with Crippen LogP contribution in [0.15, 0.2) is 26.1 Å². The molecule has 0 aromatic carbocycles. The van der Waals surface area contributed by atoms with E-state index in [1.165, 1.54) is 39.8 Å². The van der Waals surface area contributed by atoms with Gasteiger partial charge in [-0.3, -0.25) is 14.5 Å². The summed E-state index contributed by atoms with van der Waals surface area (Å²) in [5, 5.41) is 26.6. The van der Waals surface area contributed by atoms with Crippen molar-refractivity contribution in [1.82, 2.24) is 25.4 Å². The number of aromatic nitrogens is 3. The number of carboxylic acid groups (broad SMARTS) is 1. The average Bonchev–Trinajstić information content (AvgIpc) is 3.41. The van der Waals surface area contributed by atoms with Crippen molar-refractivity contribution in [3.05, 3.63) is 27.4 Å². The Morgan fingerprint density at radius 3 is 2.83 bits per heavy atom. The van der Waals surface area contributed by atoms with Crippen LogP contribution >= 0.6 is 46.2 Å². The van der Waals surface area contributed by atoms with Crippen LogP contribution in [0.25, 0.3) is 0 Å². The molecule has 16 heteroatoms. The average molecular weight is 554 g/mol. The molecule has 1 saturated carbocycles. The second kappa shape index (κ2) is 9.75. The fourth-order valence-corrected chi connectivity index (χ4v) is 7.24. The summed E-state index contributed by atoms with van der Waals surface area (Å²) < 4.78 is 0.731. The highest BCUT2D eigenvalue weighted by Crippen LogP contribution is 2.41. The Hall–Kier alpha value is -2.69. The monoisotopic (exact) mass is 553 g/mol. The molecule has 2 amide bonds. The Morgan fingerprint density at radius 1 is 1.40 bits per heavy atom. The van der Waals surface area contributed by atoms with Crippen molar-refractivity contribution in [3.8, 4) is 0 Å². The van der Waals surface area contributed by atoms with Crippen LogP contribution in [-0.2, 0) is 19.2 Å². The number of aryl methyl sites for hydroxylation is 1. The molecule has 184 valence electrons. The van der Waals surface area contributed by atoms with E-state index in [4.69, 9.17) is 10.6 Å². The van der Waals surface area contributed by atoms with E-state index in [0.29, 0.717) is 17.1 Å². The highest BCUT2D eigenvalue weighted by Gasteiger charge is 2.54. The Bertz CT molecular complexity index is 1250. The molecular weight excluding hydrogens is 535 g/mol. The number of β-lactam (4-membered cyclic amide) rings is 1. The Balaban J connectivity index is 1.30. The van der Waals surface area contributed by atoms with Crippen molar-refractivity contribution in [3.63, 3.8) is 0 Å². The normalized spacial score (nSPS) is 22.0. The molecule has 4 heterocycles. The van der Waals surface area contributed by atoms with E-state index in [2.05, 4.69) is 25.7 Å². The summed E-state index contributed by atoms with van der Waals surface area (Å²) in [5.74, 6) is -1.54. The maximum atomic E-state index is 13.0. The van der Waals surface area contributed by atoms with Crippen LogP contribution in [0, 0.1) is 6.92 Å². The molecule has 35 heavy (non-hydrogen) atoms. The number of hydrogen-bond acceptors (Lipinski definition) is 13. The number of rotatable bonds is 9. The molecule has 4 N–H and O–H groups in total. The number of nitrogens with two attached hydrogens (primary N) is 1. The van der Waals surface area contributed by atoms with Gasteiger partial charge >= 0.3 is 5.97 Å². The number of nitrogens with zero attached hydrogens (tertiary/aromatic N) is 5. The zero-order valence-corrected chi connectivity index (χ0v) is 21.4. The van der Waals surface area contributed by atoms with Gasteiger partial charge in [-0.15, -0.1) is 33.3 Å². The first-order valence-corrected chi connectivity index (χ1v) is 14.1. The number of carboxylic acids is 1. The van der Waals surface area contributed by atoms with Crippen molar-refractivity contribution >= 4 is 74.8 Å². The minimum absolute atomic E-state index is 0.0351. The Morgan fingerprint density at radius 2 is 2.20 bits per heavy atom. The number of amides is 2. The van der Waals surface area contributed by atoms with Crippen LogP contribution in [0.3, 0.4) is 0 Å². The van der Waals surface area contributed by atoms with Gasteiger partial charge in [0, 0.05) is 16.9 Å². The van der Waals surface area contributed by atoms with Gasteiger partial charge in [-0.05, 0) is 25.3 Å². The highest BCUT2D eigenvalue weighted by molar-refractivity contribution is 8.01. The summed E-state index contributed by atoms with van der Waals surface area (Å²) in [4.78, 5) is 48.8. The van der Waals surface area contributed by atoms with Crippen LogP contribution in [-0.4, -0.2) is 77.7 Å². The maximum absolute atomic E-state index is 13.0. The number of fused-ring (bicyclic) bond motifs is 1. The van der Waals surface area contributed by atoms with Gasteiger partial charge in [-0.1, -0.05) is 28.3 Å². The van der Waals surface area contributed by atoms with Crippen molar-refractivity contribution < 1.29 is 24.3 Å². The van der Waals surface area contributed by atoms with Gasteiger partial charge in [0.1, 0.15) is 33.9 Å². The first-order valence-electron chi connectivity index (χ1n) is 10.4. The lowest BCUT2D eigenvalue weighted by atomic mass is 10.0. The van der Waals surface area contributed by atoms with Gasteiger partial charge in [-0.25, -0.2) is 9.78 Å². The fraction of sp³-hybridized carbons (Fsp3) is 0.421. The lowest BCUT2D eigenvalue weighted by Gasteiger charge is -2.49. The van der Waals surface area contributed by atoms with Crippen molar-refractivity contribution in [1.29, 1.82) is 0 Å². The van der Waals surface area contributed by atoms with Crippen LogP contribution in [0.1, 0.15) is 23.5 Å². The molecular formula is C19H19N7O5S4. The van der Waals surface area contributed by atoms with E-state index in [1.54, 1.807) is 5.38 Å². The largest absolute Gasteiger partial charge is 0.477 e. The molecule has 12 nitrogen and oxygen atoms in total. The molecule has 1 aliphatic carbocycles. The summed E-state index contributed by atoms with van der Waals surface area (Å²) in [5.41, 5.74) is 6.45. The van der Waals surface area contributed by atoms with Crippen LogP contribution in [0.5, 0.6) is 0 Å². The van der Waals surface area contributed by atoms with E-state index in [9.17, 15) is 19.5 Å². The predicted octanol–water partition coefficient (Wildman–Crippen LogP) is 1.30. The minimum atomic E-state index is -1.18. The van der Waals surface area contributed by atoms with Gasteiger partial charge in [0.2, 0.25) is 0 Å². The molecule has 2 aliphatic heterocycles. The number of aliphatic carboxylic acids is 1. The fourth-order valence-electron chi connectivity index (χ4n) is 3.39. The van der Waals surface area contributed by atoms with Crippen molar-refractivity contribution in [2.75, 3.05) is 17.2 Å². The second-order valence-electron chi connectivity index (χ2n) is 7.81. The number of nitrogen functional groups attached to an aromatic ring is 1. The van der Waals surface area contributed by atoms with Gasteiger partial charge < -0.3 is 21.0 Å². The maximum Gasteiger partial charge on any atom is 0.352 e. The molecule has 0 bridgehead atoms. The van der Waals surface area contributed by atoms with Gasteiger partial charge in [0.05, 0.1) is 0 Å². The second-order valence-corrected chi connectivity index (χ2v) is 12.2. The minimum Gasteiger partial charge on any atom is -0.477 e. The topological polar surface area (TPSA) is 173 Å². The third kappa shape index (κ3) is 5.00.